The van der Waals surface area contributed by atoms with Gasteiger partial charge in [0.1, 0.15) is 0 Å². The predicted octanol–water partition coefficient (Wildman–Crippen LogP) is 2.84. The van der Waals surface area contributed by atoms with Crippen LogP contribution in [0.15, 0.2) is 11.3 Å². The maximum absolute atomic E-state index is 10.2. The monoisotopic (exact) mass is 170 g/mol. The summed E-state index contributed by atoms with van der Waals surface area (Å²) in [7, 11) is 0. The molecule has 1 unspecified atom stereocenters. The van der Waals surface area contributed by atoms with Gasteiger partial charge in [-0.05, 0) is 24.8 Å². The Hall–Kier alpha value is -0.790. The molecular weight excluding hydrogens is 152 g/mol. The van der Waals surface area contributed by atoms with Gasteiger partial charge in [0.25, 0.3) is 0 Å². The lowest BCUT2D eigenvalue weighted by Gasteiger charge is -2.11. The number of aliphatic hydroxyl groups excluding tert-OH is 1. The number of allylic oxidation sites excluding steroid dienone is 2. The van der Waals surface area contributed by atoms with Crippen LogP contribution < -0.4 is 0 Å². The van der Waals surface area contributed by atoms with Crippen molar-refractivity contribution >= 4 is 6.29 Å². The fourth-order valence-corrected chi connectivity index (χ4v) is 1.07. The van der Waals surface area contributed by atoms with E-state index in [1.807, 2.05) is 13.8 Å². The molecule has 0 amide bonds. The van der Waals surface area contributed by atoms with E-state index in [0.29, 0.717) is 12.2 Å². The molecule has 2 heteroatoms. The first-order chi connectivity index (χ1) is 5.63. The molecule has 0 aliphatic rings. The van der Waals surface area contributed by atoms with E-state index in [0.717, 1.165) is 24.8 Å². The van der Waals surface area contributed by atoms with Gasteiger partial charge in [-0.2, -0.15) is 0 Å². The van der Waals surface area contributed by atoms with Gasteiger partial charge in [0.2, 0.25) is 0 Å². The molecule has 12 heavy (non-hydrogen) atoms. The number of aldehydes is 1. The van der Waals surface area contributed by atoms with Crippen molar-refractivity contribution in [3.63, 3.8) is 0 Å². The third kappa shape index (κ3) is 3.56. The molecule has 0 saturated heterocycles. The van der Waals surface area contributed by atoms with E-state index in [1.54, 1.807) is 0 Å². The Kier molecular flexibility index (Phi) is 5.43. The quantitative estimate of drug-likeness (QED) is 0.391. The van der Waals surface area contributed by atoms with Crippen LogP contribution in [0, 0.1) is 5.92 Å². The third-order valence-corrected chi connectivity index (χ3v) is 2.25. The van der Waals surface area contributed by atoms with Gasteiger partial charge < -0.3 is 5.11 Å². The van der Waals surface area contributed by atoms with Crippen LogP contribution >= 0.6 is 0 Å². The molecule has 0 aromatic carbocycles. The molecule has 70 valence electrons. The average Bonchev–Trinajstić information content (AvgIpc) is 2.11. The largest absolute Gasteiger partial charge is 0.505 e. The highest BCUT2D eigenvalue weighted by atomic mass is 16.3. The van der Waals surface area contributed by atoms with Crippen LogP contribution in [0.3, 0.4) is 0 Å². The summed E-state index contributed by atoms with van der Waals surface area (Å²) in [5.74, 6) is 0.216. The molecule has 0 aromatic rings. The van der Waals surface area contributed by atoms with Crippen molar-refractivity contribution in [3.05, 3.63) is 11.3 Å². The van der Waals surface area contributed by atoms with E-state index < -0.39 is 0 Å². The van der Waals surface area contributed by atoms with Crippen molar-refractivity contribution in [2.24, 2.45) is 5.92 Å². The SMILES string of the molecule is CCCCC(C)C(C)=C(O)C=O. The lowest BCUT2D eigenvalue weighted by molar-refractivity contribution is -0.107. The fraction of sp³-hybridized carbons (Fsp3) is 0.700. The Morgan fingerprint density at radius 1 is 1.58 bits per heavy atom. The predicted molar refractivity (Wildman–Crippen MR) is 50.1 cm³/mol. The van der Waals surface area contributed by atoms with Gasteiger partial charge in [0, 0.05) is 0 Å². The van der Waals surface area contributed by atoms with E-state index in [9.17, 15) is 4.79 Å². The minimum absolute atomic E-state index is 0.0985. The molecule has 0 radical (unpaired) electrons. The molecule has 1 atom stereocenters. The highest BCUT2D eigenvalue weighted by Crippen LogP contribution is 2.18. The summed E-state index contributed by atoms with van der Waals surface area (Å²) in [5, 5.41) is 9.11. The Morgan fingerprint density at radius 2 is 2.17 bits per heavy atom. The minimum atomic E-state index is -0.0985. The molecule has 1 N–H and O–H groups in total. The molecule has 0 bridgehead atoms. The van der Waals surface area contributed by atoms with Crippen LogP contribution in [0.4, 0.5) is 0 Å². The Morgan fingerprint density at radius 3 is 2.58 bits per heavy atom. The molecule has 0 saturated carbocycles. The van der Waals surface area contributed by atoms with E-state index >= 15 is 0 Å². The molecule has 0 aromatic heterocycles. The smallest absolute Gasteiger partial charge is 0.184 e. The Bertz CT molecular complexity index is 171. The Balaban J connectivity index is 4.08. The third-order valence-electron chi connectivity index (χ3n) is 2.25. The molecule has 0 fully saturated rings. The highest BCUT2D eigenvalue weighted by molar-refractivity contribution is 5.70. The van der Waals surface area contributed by atoms with Crippen molar-refractivity contribution in [1.82, 2.24) is 0 Å². The summed E-state index contributed by atoms with van der Waals surface area (Å²) < 4.78 is 0. The van der Waals surface area contributed by atoms with Gasteiger partial charge in [-0.1, -0.05) is 26.7 Å². The zero-order chi connectivity index (χ0) is 9.56. The number of carbonyl (C=O) groups excluding carboxylic acids is 1. The number of hydrogen-bond acceptors (Lipinski definition) is 2. The standard InChI is InChI=1S/C10H18O2/c1-4-5-6-8(2)9(3)10(12)7-11/h7-8,12H,4-6H2,1-3H3. The van der Waals surface area contributed by atoms with Crippen LogP contribution in [0.5, 0.6) is 0 Å². The van der Waals surface area contributed by atoms with Gasteiger partial charge >= 0.3 is 0 Å². The van der Waals surface area contributed by atoms with Gasteiger partial charge in [0.15, 0.2) is 12.0 Å². The van der Waals surface area contributed by atoms with Crippen molar-refractivity contribution < 1.29 is 9.90 Å². The minimum Gasteiger partial charge on any atom is -0.505 e. The molecule has 0 rings (SSSR count). The summed E-state index contributed by atoms with van der Waals surface area (Å²) >= 11 is 0. The first-order valence-electron chi connectivity index (χ1n) is 4.48. The Labute approximate surface area is 74.3 Å². The maximum atomic E-state index is 10.2. The molecule has 0 aliphatic carbocycles. The number of carbonyl (C=O) groups is 1. The van der Waals surface area contributed by atoms with E-state index in [4.69, 9.17) is 5.11 Å². The number of aliphatic hydroxyl groups is 1. The molecule has 0 heterocycles. The zero-order valence-corrected chi connectivity index (χ0v) is 8.13. The van der Waals surface area contributed by atoms with Crippen molar-refractivity contribution in [2.45, 2.75) is 40.0 Å². The van der Waals surface area contributed by atoms with Gasteiger partial charge in [-0.3, -0.25) is 4.79 Å². The highest BCUT2D eigenvalue weighted by Gasteiger charge is 2.07. The molecule has 2 nitrogen and oxygen atoms in total. The number of unbranched alkanes of at least 4 members (excludes halogenated alkanes) is 1. The van der Waals surface area contributed by atoms with Crippen LogP contribution in [0.25, 0.3) is 0 Å². The van der Waals surface area contributed by atoms with Crippen LogP contribution in [-0.2, 0) is 4.79 Å². The first kappa shape index (κ1) is 11.2. The second-order valence-corrected chi connectivity index (χ2v) is 3.23. The summed E-state index contributed by atoms with van der Waals surface area (Å²) in [6.07, 6.45) is 3.85. The van der Waals surface area contributed by atoms with E-state index in [-0.39, 0.29) is 5.76 Å². The van der Waals surface area contributed by atoms with Gasteiger partial charge in [-0.25, -0.2) is 0 Å². The zero-order valence-electron chi connectivity index (χ0n) is 8.13. The van der Waals surface area contributed by atoms with E-state index in [1.165, 1.54) is 0 Å². The fourth-order valence-electron chi connectivity index (χ4n) is 1.07. The molecule has 0 spiro atoms. The van der Waals surface area contributed by atoms with Crippen LogP contribution in [-0.4, -0.2) is 11.4 Å². The maximum Gasteiger partial charge on any atom is 0.184 e. The summed E-state index contributed by atoms with van der Waals surface area (Å²) in [4.78, 5) is 10.2. The second-order valence-electron chi connectivity index (χ2n) is 3.23. The molecular formula is C10H18O2. The topological polar surface area (TPSA) is 37.3 Å². The van der Waals surface area contributed by atoms with Crippen molar-refractivity contribution in [3.8, 4) is 0 Å². The summed E-state index contributed by atoms with van der Waals surface area (Å²) in [5.41, 5.74) is 0.804. The lowest BCUT2D eigenvalue weighted by atomic mass is 9.96. The van der Waals surface area contributed by atoms with Crippen LogP contribution in [0.2, 0.25) is 0 Å². The van der Waals surface area contributed by atoms with Gasteiger partial charge in [0.05, 0.1) is 0 Å². The van der Waals surface area contributed by atoms with E-state index in [2.05, 4.69) is 6.92 Å². The number of hydrogen-bond donors (Lipinski definition) is 1. The lowest BCUT2D eigenvalue weighted by Crippen LogP contribution is -2.01. The summed E-state index contributed by atoms with van der Waals surface area (Å²) in [6.45, 7) is 5.97. The first-order valence-corrected chi connectivity index (χ1v) is 4.48. The summed E-state index contributed by atoms with van der Waals surface area (Å²) in [6, 6.07) is 0. The normalized spacial score (nSPS) is 15.2. The average molecular weight is 170 g/mol. The van der Waals surface area contributed by atoms with Gasteiger partial charge in [-0.15, -0.1) is 0 Å². The van der Waals surface area contributed by atoms with Crippen LogP contribution in [0.1, 0.15) is 40.0 Å². The second kappa shape index (κ2) is 5.81. The number of rotatable bonds is 5. The van der Waals surface area contributed by atoms with Crippen molar-refractivity contribution in [1.29, 1.82) is 0 Å². The van der Waals surface area contributed by atoms with Crippen molar-refractivity contribution in [2.75, 3.05) is 0 Å². The molecule has 0 aliphatic heterocycles.